The minimum atomic E-state index is -0.584. The molecule has 176 valence electrons. The maximum atomic E-state index is 12.4. The van der Waals surface area contributed by atoms with Gasteiger partial charge in [0.15, 0.2) is 0 Å². The number of aliphatic hydroxyl groups is 1. The molecule has 1 amide bonds. The van der Waals surface area contributed by atoms with Crippen LogP contribution in [0.2, 0.25) is 0 Å². The topological polar surface area (TPSA) is 79.3 Å². The van der Waals surface area contributed by atoms with Crippen LogP contribution in [-0.2, 0) is 16.1 Å². The zero-order valence-electron chi connectivity index (χ0n) is 19.8. The number of piperidine rings is 2. The number of cyclic esters (lactones) is 1. The number of esters is 1. The van der Waals surface area contributed by atoms with E-state index in [-0.39, 0.29) is 12.1 Å². The highest BCUT2D eigenvalue weighted by atomic mass is 16.6. The van der Waals surface area contributed by atoms with Crippen molar-refractivity contribution in [1.82, 2.24) is 9.80 Å². The van der Waals surface area contributed by atoms with Crippen molar-refractivity contribution in [2.24, 2.45) is 5.41 Å². The Morgan fingerprint density at radius 3 is 2.41 bits per heavy atom. The summed E-state index contributed by atoms with van der Waals surface area (Å²) >= 11 is 0. The lowest BCUT2D eigenvalue weighted by Crippen LogP contribution is -2.49. The van der Waals surface area contributed by atoms with Crippen molar-refractivity contribution >= 4 is 12.1 Å². The van der Waals surface area contributed by atoms with E-state index in [1.54, 1.807) is 6.07 Å². The molecule has 4 rings (SSSR count). The van der Waals surface area contributed by atoms with Crippen LogP contribution in [0.4, 0.5) is 4.79 Å². The maximum Gasteiger partial charge on any atom is 0.410 e. The molecule has 3 aliphatic heterocycles. The molecule has 0 aliphatic carbocycles. The summed E-state index contributed by atoms with van der Waals surface area (Å²) in [5.74, 6) is -0.275. The minimum Gasteiger partial charge on any atom is -0.457 e. The molecule has 32 heavy (non-hydrogen) atoms. The van der Waals surface area contributed by atoms with Gasteiger partial charge < -0.3 is 24.4 Å². The summed E-state index contributed by atoms with van der Waals surface area (Å²) in [7, 11) is 0. The first kappa shape index (κ1) is 23.1. The van der Waals surface area contributed by atoms with E-state index >= 15 is 0 Å². The lowest BCUT2D eigenvalue weighted by molar-refractivity contribution is -0.00711. The van der Waals surface area contributed by atoms with Crippen LogP contribution < -0.4 is 0 Å². The lowest BCUT2D eigenvalue weighted by Gasteiger charge is -2.47. The van der Waals surface area contributed by atoms with Crippen LogP contribution in [0.3, 0.4) is 0 Å². The Kier molecular flexibility index (Phi) is 6.25. The van der Waals surface area contributed by atoms with Crippen LogP contribution in [0.15, 0.2) is 12.1 Å². The van der Waals surface area contributed by atoms with E-state index in [0.717, 1.165) is 68.6 Å². The quantitative estimate of drug-likeness (QED) is 0.714. The zero-order chi connectivity index (χ0) is 23.1. The number of rotatable bonds is 3. The van der Waals surface area contributed by atoms with Gasteiger partial charge in [0.25, 0.3) is 0 Å². The van der Waals surface area contributed by atoms with Gasteiger partial charge in [0, 0.05) is 25.2 Å². The van der Waals surface area contributed by atoms with Gasteiger partial charge in [0.1, 0.15) is 12.2 Å². The van der Waals surface area contributed by atoms with Crippen molar-refractivity contribution in [1.29, 1.82) is 0 Å². The van der Waals surface area contributed by atoms with E-state index in [9.17, 15) is 14.7 Å². The smallest absolute Gasteiger partial charge is 0.410 e. The molecule has 7 heteroatoms. The Balaban J connectivity index is 1.29. The molecule has 0 aromatic heterocycles. The summed E-state index contributed by atoms with van der Waals surface area (Å²) in [4.78, 5) is 28.3. The molecule has 2 fully saturated rings. The van der Waals surface area contributed by atoms with Crippen LogP contribution in [0.25, 0.3) is 0 Å². The number of β-amino-alcohol motifs (C(OH)–C–C–N with tert-alkyl or cyclic N) is 1. The van der Waals surface area contributed by atoms with Crippen molar-refractivity contribution in [2.45, 2.75) is 71.7 Å². The number of carbonyl (C=O) groups is 2. The zero-order valence-corrected chi connectivity index (χ0v) is 19.8. The van der Waals surface area contributed by atoms with Gasteiger partial charge in [-0.3, -0.25) is 0 Å². The SMILES string of the molecule is Cc1c([C@@H](O)CN2CCC3(CC2)CCN(C(=O)OC(C)(C)C)CC3)ccc2c1COC2=O. The molecule has 0 unspecified atom stereocenters. The predicted octanol–water partition coefficient (Wildman–Crippen LogP) is 3.81. The Hall–Kier alpha value is -2.12. The molecule has 7 nitrogen and oxygen atoms in total. The molecule has 1 N–H and O–H groups in total. The maximum absolute atomic E-state index is 12.4. The predicted molar refractivity (Wildman–Crippen MR) is 120 cm³/mol. The fourth-order valence-electron chi connectivity index (χ4n) is 5.27. The van der Waals surface area contributed by atoms with E-state index in [2.05, 4.69) is 4.90 Å². The van der Waals surface area contributed by atoms with Crippen molar-refractivity contribution in [3.63, 3.8) is 0 Å². The highest BCUT2D eigenvalue weighted by Crippen LogP contribution is 2.42. The number of ether oxygens (including phenoxy) is 2. The number of likely N-dealkylation sites (tertiary alicyclic amines) is 2. The number of benzene rings is 1. The molecule has 2 saturated heterocycles. The van der Waals surface area contributed by atoms with Crippen molar-refractivity contribution < 1.29 is 24.2 Å². The Bertz CT molecular complexity index is 873. The second kappa shape index (κ2) is 8.67. The molecule has 1 aromatic rings. The van der Waals surface area contributed by atoms with Crippen LogP contribution in [0.1, 0.15) is 79.6 Å². The van der Waals surface area contributed by atoms with Gasteiger partial charge in [-0.2, -0.15) is 0 Å². The normalized spacial score (nSPS) is 21.9. The average molecular weight is 445 g/mol. The summed E-state index contributed by atoms with van der Waals surface area (Å²) in [5, 5.41) is 10.9. The van der Waals surface area contributed by atoms with Crippen LogP contribution in [0.5, 0.6) is 0 Å². The highest BCUT2D eigenvalue weighted by Gasteiger charge is 2.39. The van der Waals surface area contributed by atoms with Crippen molar-refractivity contribution in [3.05, 3.63) is 34.4 Å². The molecule has 0 bridgehead atoms. The van der Waals surface area contributed by atoms with E-state index in [0.29, 0.717) is 24.1 Å². The van der Waals surface area contributed by atoms with E-state index in [1.165, 1.54) is 0 Å². The largest absolute Gasteiger partial charge is 0.457 e. The third-order valence-corrected chi connectivity index (χ3v) is 7.39. The van der Waals surface area contributed by atoms with Crippen molar-refractivity contribution in [2.75, 3.05) is 32.7 Å². The van der Waals surface area contributed by atoms with Gasteiger partial charge in [-0.1, -0.05) is 6.07 Å². The van der Waals surface area contributed by atoms with E-state index < -0.39 is 11.7 Å². The summed E-state index contributed by atoms with van der Waals surface area (Å²) in [6, 6.07) is 3.64. The molecule has 0 radical (unpaired) electrons. The second-order valence-corrected chi connectivity index (χ2v) is 10.7. The molecular formula is C25H36N2O5. The lowest BCUT2D eigenvalue weighted by atomic mass is 9.71. The first-order valence-corrected chi connectivity index (χ1v) is 11.7. The van der Waals surface area contributed by atoms with Gasteiger partial charge >= 0.3 is 12.1 Å². The first-order chi connectivity index (χ1) is 15.1. The fourth-order valence-corrected chi connectivity index (χ4v) is 5.27. The number of fused-ring (bicyclic) bond motifs is 1. The van der Waals surface area contributed by atoms with Gasteiger partial charge in [-0.15, -0.1) is 0 Å². The third-order valence-electron chi connectivity index (χ3n) is 7.39. The Morgan fingerprint density at radius 2 is 1.78 bits per heavy atom. The Labute approximate surface area is 190 Å². The van der Waals surface area contributed by atoms with Gasteiger partial charge in [0.2, 0.25) is 0 Å². The van der Waals surface area contributed by atoms with E-state index in [4.69, 9.17) is 9.47 Å². The monoisotopic (exact) mass is 444 g/mol. The molecule has 3 aliphatic rings. The summed E-state index contributed by atoms with van der Waals surface area (Å²) in [5.41, 5.74) is 3.20. The number of hydrogen-bond donors (Lipinski definition) is 1. The number of nitrogens with zero attached hydrogens (tertiary/aromatic N) is 2. The molecule has 1 aromatic carbocycles. The summed E-state index contributed by atoms with van der Waals surface area (Å²) < 4.78 is 10.7. The fraction of sp³-hybridized carbons (Fsp3) is 0.680. The van der Waals surface area contributed by atoms with Gasteiger partial charge in [-0.25, -0.2) is 9.59 Å². The van der Waals surface area contributed by atoms with Gasteiger partial charge in [-0.05, 0) is 89.1 Å². The standard InChI is InChI=1S/C25H36N2O5/c1-17-18(5-6-19-20(17)16-31-22(19)29)21(28)15-26-11-7-25(8-12-26)9-13-27(14-10-25)23(30)32-24(2,3)4/h5-6,21,28H,7-16H2,1-4H3/t21-/m0/s1. The second-order valence-electron chi connectivity index (χ2n) is 10.7. The van der Waals surface area contributed by atoms with Crippen LogP contribution in [0, 0.1) is 12.3 Å². The van der Waals surface area contributed by atoms with Crippen molar-refractivity contribution in [3.8, 4) is 0 Å². The Morgan fingerprint density at radius 1 is 1.16 bits per heavy atom. The van der Waals surface area contributed by atoms with E-state index in [1.807, 2.05) is 38.7 Å². The first-order valence-electron chi connectivity index (χ1n) is 11.7. The average Bonchev–Trinajstić information content (AvgIpc) is 3.11. The van der Waals surface area contributed by atoms with Crippen LogP contribution in [-0.4, -0.2) is 65.3 Å². The summed E-state index contributed by atoms with van der Waals surface area (Å²) in [6.45, 7) is 12.0. The van der Waals surface area contributed by atoms with Gasteiger partial charge in [0.05, 0.1) is 11.7 Å². The minimum absolute atomic E-state index is 0.204. The van der Waals surface area contributed by atoms with Crippen LogP contribution >= 0.6 is 0 Å². The number of aliphatic hydroxyl groups excluding tert-OH is 1. The molecular weight excluding hydrogens is 408 g/mol. The molecule has 1 atom stereocenters. The number of carbonyl (C=O) groups excluding carboxylic acids is 2. The molecule has 1 spiro atoms. The number of amides is 1. The highest BCUT2D eigenvalue weighted by molar-refractivity contribution is 5.93. The molecule has 0 saturated carbocycles. The number of hydrogen-bond acceptors (Lipinski definition) is 6. The third kappa shape index (κ3) is 4.79. The molecule has 3 heterocycles. The summed E-state index contributed by atoms with van der Waals surface area (Å²) in [6.07, 6.45) is 3.42.